The first kappa shape index (κ1) is 20.2. The Bertz CT molecular complexity index is 1180. The van der Waals surface area contributed by atoms with E-state index >= 15 is 0 Å². The summed E-state index contributed by atoms with van der Waals surface area (Å²) >= 11 is -1.16. The third-order valence-corrected chi connectivity index (χ3v) is 6.78. The summed E-state index contributed by atoms with van der Waals surface area (Å²) in [5, 5.41) is 14.7. The van der Waals surface area contributed by atoms with Crippen molar-refractivity contribution in [2.45, 2.75) is 19.1 Å². The highest BCUT2D eigenvalue weighted by Crippen LogP contribution is 2.38. The van der Waals surface area contributed by atoms with Crippen molar-refractivity contribution in [2.75, 3.05) is 31.1 Å². The zero-order valence-electron chi connectivity index (χ0n) is 16.3. The number of phenolic OH excluding ortho intramolecular Hbond substituents is 1. The second-order valence-corrected chi connectivity index (χ2v) is 8.75. The summed E-state index contributed by atoms with van der Waals surface area (Å²) < 4.78 is 57.2. The first-order valence-corrected chi connectivity index (χ1v) is 10.6. The highest BCUT2D eigenvalue weighted by atomic mass is 32.2. The van der Waals surface area contributed by atoms with Crippen molar-refractivity contribution < 1.29 is 22.5 Å². The first-order valence-electron chi connectivity index (χ1n) is 9.52. The zero-order valence-corrected chi connectivity index (χ0v) is 17.1. The molecule has 9 nitrogen and oxygen atoms in total. The molecule has 0 radical (unpaired) electrons. The lowest BCUT2D eigenvalue weighted by atomic mass is 10.0. The van der Waals surface area contributed by atoms with E-state index in [-0.39, 0.29) is 22.9 Å². The van der Waals surface area contributed by atoms with Gasteiger partial charge in [0.1, 0.15) is 5.75 Å². The summed E-state index contributed by atoms with van der Waals surface area (Å²) in [6, 6.07) is 3.34. The molecule has 164 valence electrons. The molecule has 13 heteroatoms. The average Bonchev–Trinajstić information content (AvgIpc) is 3.30. The molecule has 3 aromatic rings. The molecule has 2 aliphatic rings. The summed E-state index contributed by atoms with van der Waals surface area (Å²) in [6.07, 6.45) is -2.95. The van der Waals surface area contributed by atoms with Gasteiger partial charge in [-0.25, -0.2) is 22.7 Å². The van der Waals surface area contributed by atoms with Crippen LogP contribution in [0.25, 0.3) is 17.0 Å². The molecule has 2 saturated heterocycles. The van der Waals surface area contributed by atoms with E-state index in [1.807, 2.05) is 9.21 Å². The molecule has 2 fully saturated rings. The number of fused-ring (bicyclic) bond motifs is 2. The molecule has 2 atom stereocenters. The zero-order chi connectivity index (χ0) is 21.9. The van der Waals surface area contributed by atoms with Crippen LogP contribution in [0.2, 0.25) is 0 Å². The van der Waals surface area contributed by atoms with Crippen molar-refractivity contribution in [3.63, 3.8) is 0 Å². The van der Waals surface area contributed by atoms with Crippen LogP contribution in [-0.2, 0) is 17.3 Å². The summed E-state index contributed by atoms with van der Waals surface area (Å²) in [7, 11) is 0. The minimum Gasteiger partial charge on any atom is -0.507 e. The third-order valence-electron chi connectivity index (χ3n) is 5.46. The second kappa shape index (κ2) is 7.14. The molecule has 0 spiro atoms. The lowest BCUT2D eigenvalue weighted by Crippen LogP contribution is -2.51. The Morgan fingerprint density at radius 1 is 1.26 bits per heavy atom. The van der Waals surface area contributed by atoms with Crippen molar-refractivity contribution in [1.29, 1.82) is 0 Å². The van der Waals surface area contributed by atoms with E-state index in [4.69, 9.17) is 0 Å². The molecular formula is C18H18F3N7O2S. The average molecular weight is 453 g/mol. The number of aromatic hydroxyl groups is 1. The number of hydrogen-bond donors (Lipinski definition) is 2. The fraction of sp³-hybridized carbons (Fsp3) is 0.389. The Morgan fingerprint density at radius 3 is 2.81 bits per heavy atom. The maximum Gasteiger partial charge on any atom is 0.416 e. The van der Waals surface area contributed by atoms with Crippen molar-refractivity contribution in [3.05, 3.63) is 35.5 Å². The Balaban J connectivity index is 1.46. The Morgan fingerprint density at radius 2 is 2.06 bits per heavy atom. The summed E-state index contributed by atoms with van der Waals surface area (Å²) in [4.78, 5) is 10.9. The lowest BCUT2D eigenvalue weighted by molar-refractivity contribution is -0.137. The van der Waals surface area contributed by atoms with Gasteiger partial charge < -0.3 is 10.0 Å². The standard InChI is InChI=1S/C18H18F3N7O2S/c1-10-6-11(18(19,20)21)7-14(29)15(10)13-2-3-27-16(23-13)24-17(25-27)26-4-5-28-12(9-26)8-22-31(28)30/h2-3,6-7,12,22,29H,4-5,8-9H2,1H3/t12-,31?/m1/s1. The minimum atomic E-state index is -4.55. The largest absolute Gasteiger partial charge is 0.507 e. The van der Waals surface area contributed by atoms with Gasteiger partial charge >= 0.3 is 6.18 Å². The number of benzene rings is 1. The van der Waals surface area contributed by atoms with Crippen molar-refractivity contribution in [3.8, 4) is 17.0 Å². The highest BCUT2D eigenvalue weighted by molar-refractivity contribution is 7.80. The van der Waals surface area contributed by atoms with Crippen LogP contribution in [0.3, 0.4) is 0 Å². The molecule has 1 aromatic carbocycles. The Hall–Kier alpha value is -2.77. The number of phenols is 1. The van der Waals surface area contributed by atoms with Gasteiger partial charge in [0.2, 0.25) is 5.95 Å². The molecule has 2 aromatic heterocycles. The minimum absolute atomic E-state index is 0.0939. The third kappa shape index (κ3) is 3.51. The molecular weight excluding hydrogens is 435 g/mol. The van der Waals surface area contributed by atoms with Crippen LogP contribution >= 0.6 is 0 Å². The molecule has 2 N–H and O–H groups in total. The van der Waals surface area contributed by atoms with E-state index in [2.05, 4.69) is 19.8 Å². The predicted octanol–water partition coefficient (Wildman–Crippen LogP) is 1.50. The van der Waals surface area contributed by atoms with E-state index in [1.54, 1.807) is 12.3 Å². The van der Waals surface area contributed by atoms with Crippen molar-refractivity contribution >= 4 is 22.9 Å². The first-order chi connectivity index (χ1) is 14.7. The van der Waals surface area contributed by atoms with E-state index in [0.717, 1.165) is 6.07 Å². The summed E-state index contributed by atoms with van der Waals surface area (Å²) in [5.41, 5.74) is -0.149. The van der Waals surface area contributed by atoms with Gasteiger partial charge in [0.05, 0.1) is 17.3 Å². The quantitative estimate of drug-likeness (QED) is 0.610. The molecule has 5 rings (SSSR count). The topological polar surface area (TPSA) is 98.9 Å². The lowest BCUT2D eigenvalue weighted by Gasteiger charge is -2.34. The number of rotatable bonds is 2. The number of hydrogen-bond acceptors (Lipinski definition) is 6. The molecule has 0 aliphatic carbocycles. The van der Waals surface area contributed by atoms with Crippen LogP contribution in [-0.4, -0.2) is 65.4 Å². The van der Waals surface area contributed by atoms with Crippen LogP contribution in [0.4, 0.5) is 19.1 Å². The number of anilines is 1. The van der Waals surface area contributed by atoms with Gasteiger partial charge in [0.15, 0.2) is 11.2 Å². The maximum absolute atomic E-state index is 13.0. The molecule has 1 unspecified atom stereocenters. The summed E-state index contributed by atoms with van der Waals surface area (Å²) in [5.74, 6) is 0.235. The van der Waals surface area contributed by atoms with E-state index in [0.29, 0.717) is 43.9 Å². The van der Waals surface area contributed by atoms with Crippen LogP contribution in [0.1, 0.15) is 11.1 Å². The van der Waals surface area contributed by atoms with Crippen LogP contribution in [0.5, 0.6) is 5.75 Å². The molecule has 31 heavy (non-hydrogen) atoms. The number of halogens is 3. The van der Waals surface area contributed by atoms with Gasteiger partial charge in [0.25, 0.3) is 5.78 Å². The number of nitrogens with zero attached hydrogens (tertiary/aromatic N) is 6. The van der Waals surface area contributed by atoms with Gasteiger partial charge in [-0.1, -0.05) is 0 Å². The smallest absolute Gasteiger partial charge is 0.416 e. The van der Waals surface area contributed by atoms with Crippen LogP contribution < -0.4 is 9.62 Å². The van der Waals surface area contributed by atoms with E-state index in [1.165, 1.54) is 11.4 Å². The Kier molecular flexibility index (Phi) is 4.64. The van der Waals surface area contributed by atoms with Crippen LogP contribution in [0.15, 0.2) is 24.4 Å². The highest BCUT2D eigenvalue weighted by Gasteiger charge is 2.37. The van der Waals surface area contributed by atoms with Crippen LogP contribution in [0, 0.1) is 6.92 Å². The number of piperazine rings is 1. The van der Waals surface area contributed by atoms with Gasteiger partial charge in [-0.15, -0.1) is 5.10 Å². The second-order valence-electron chi connectivity index (χ2n) is 7.49. The van der Waals surface area contributed by atoms with Gasteiger partial charge in [-0.2, -0.15) is 18.2 Å². The van der Waals surface area contributed by atoms with Crippen molar-refractivity contribution in [1.82, 2.24) is 28.6 Å². The fourth-order valence-electron chi connectivity index (χ4n) is 3.96. The molecule has 4 heterocycles. The molecule has 0 saturated carbocycles. The number of alkyl halides is 3. The molecule has 0 bridgehead atoms. The number of nitrogens with one attached hydrogen (secondary N) is 1. The van der Waals surface area contributed by atoms with E-state index < -0.39 is 28.7 Å². The van der Waals surface area contributed by atoms with Gasteiger partial charge in [0, 0.05) is 37.9 Å². The monoisotopic (exact) mass is 453 g/mol. The van der Waals surface area contributed by atoms with Gasteiger partial charge in [-0.3, -0.25) is 0 Å². The normalized spacial score (nSPS) is 22.3. The number of aryl methyl sites for hydroxylation is 1. The molecule has 0 amide bonds. The molecule has 2 aliphatic heterocycles. The summed E-state index contributed by atoms with van der Waals surface area (Å²) in [6.45, 7) is 3.93. The van der Waals surface area contributed by atoms with Gasteiger partial charge in [-0.05, 0) is 30.7 Å². The number of aromatic nitrogens is 4. The fourth-order valence-corrected chi connectivity index (χ4v) is 5.12. The Labute approximate surface area is 177 Å². The van der Waals surface area contributed by atoms with Crippen molar-refractivity contribution in [2.24, 2.45) is 0 Å². The predicted molar refractivity (Wildman–Crippen MR) is 106 cm³/mol. The SMILES string of the molecule is Cc1cc(C(F)(F)F)cc(O)c1-c1ccn2nc(N3CCN4[C@H](CNS4=O)C3)nc2n1. The van der Waals surface area contributed by atoms with E-state index in [9.17, 15) is 22.5 Å². The maximum atomic E-state index is 13.0.